The molecule has 0 saturated carbocycles. The Morgan fingerprint density at radius 3 is 2.53 bits per heavy atom. The summed E-state index contributed by atoms with van der Waals surface area (Å²) in [6.07, 6.45) is 0. The molecule has 154 valence electrons. The molecule has 0 radical (unpaired) electrons. The number of amides is 2. The number of H-pyrrole nitrogens is 1. The Hall–Kier alpha value is -3.12. The van der Waals surface area contributed by atoms with Crippen molar-refractivity contribution < 1.29 is 9.59 Å². The zero-order chi connectivity index (χ0) is 20.8. The second kappa shape index (κ2) is 7.29. The number of hydrogen-bond acceptors (Lipinski definition) is 3. The second-order valence-corrected chi connectivity index (χ2v) is 8.32. The molecule has 1 fully saturated rings. The third kappa shape index (κ3) is 2.99. The molecule has 0 bridgehead atoms. The van der Waals surface area contributed by atoms with E-state index in [1.54, 1.807) is 4.90 Å². The number of carbonyl (C=O) groups is 2. The van der Waals surface area contributed by atoms with Crippen molar-refractivity contribution in [2.45, 2.75) is 13.0 Å². The van der Waals surface area contributed by atoms with Crippen molar-refractivity contribution in [3.63, 3.8) is 0 Å². The number of likely N-dealkylation sites (N-methyl/N-ethyl adjacent to an activating group) is 1. The highest BCUT2D eigenvalue weighted by Gasteiger charge is 2.41. The number of nitrogens with one attached hydrogen (secondary N) is 1. The normalized spacial score (nSPS) is 19.5. The summed E-state index contributed by atoms with van der Waals surface area (Å²) in [5.41, 5.74) is 4.82. The molecule has 2 aliphatic heterocycles. The third-order valence-electron chi connectivity index (χ3n) is 6.44. The molecule has 0 unspecified atom stereocenters. The van der Waals surface area contributed by atoms with Gasteiger partial charge in [-0.1, -0.05) is 36.4 Å². The molecule has 1 N–H and O–H groups in total. The quantitative estimate of drug-likeness (QED) is 0.733. The Balaban J connectivity index is 1.55. The van der Waals surface area contributed by atoms with Gasteiger partial charge < -0.3 is 19.7 Å². The van der Waals surface area contributed by atoms with Gasteiger partial charge >= 0.3 is 0 Å². The lowest BCUT2D eigenvalue weighted by atomic mass is 9.95. The zero-order valence-electron chi connectivity index (χ0n) is 17.4. The molecule has 30 heavy (non-hydrogen) atoms. The van der Waals surface area contributed by atoms with Crippen LogP contribution in [0.15, 0.2) is 48.5 Å². The van der Waals surface area contributed by atoms with E-state index in [9.17, 15) is 9.59 Å². The molecule has 6 nitrogen and oxygen atoms in total. The fraction of sp³-hybridized carbons (Fsp3) is 0.333. The minimum absolute atomic E-state index is 0.0201. The van der Waals surface area contributed by atoms with E-state index in [4.69, 9.17) is 0 Å². The van der Waals surface area contributed by atoms with Crippen molar-refractivity contribution in [1.82, 2.24) is 19.7 Å². The van der Waals surface area contributed by atoms with Gasteiger partial charge in [0.05, 0.1) is 6.04 Å². The number of fused-ring (bicyclic) bond motifs is 2. The number of rotatable bonds is 3. The van der Waals surface area contributed by atoms with E-state index in [2.05, 4.69) is 23.0 Å². The molecular formula is C24H26N4O2. The molecule has 3 heterocycles. The first-order valence-corrected chi connectivity index (χ1v) is 10.5. The Morgan fingerprint density at radius 2 is 1.73 bits per heavy atom. The number of aromatic amines is 1. The second-order valence-electron chi connectivity index (χ2n) is 8.32. The first kappa shape index (κ1) is 18.9. The summed E-state index contributed by atoms with van der Waals surface area (Å²) in [6, 6.07) is 15.6. The average molecular weight is 402 g/mol. The van der Waals surface area contributed by atoms with Gasteiger partial charge in [-0.2, -0.15) is 0 Å². The number of carbonyl (C=O) groups excluding carboxylic acids is 2. The summed E-state index contributed by atoms with van der Waals surface area (Å²) >= 11 is 0. The lowest BCUT2D eigenvalue weighted by Gasteiger charge is -2.34. The van der Waals surface area contributed by atoms with E-state index >= 15 is 0 Å². The van der Waals surface area contributed by atoms with Gasteiger partial charge in [0.15, 0.2) is 0 Å². The minimum Gasteiger partial charge on any atom is -0.358 e. The lowest BCUT2D eigenvalue weighted by molar-refractivity contribution is -0.133. The van der Waals surface area contributed by atoms with Gasteiger partial charge in [0.2, 0.25) is 5.91 Å². The van der Waals surface area contributed by atoms with E-state index in [-0.39, 0.29) is 24.4 Å². The highest BCUT2D eigenvalue weighted by molar-refractivity contribution is 6.02. The predicted octanol–water partition coefficient (Wildman–Crippen LogP) is 2.80. The monoisotopic (exact) mass is 402 g/mol. The average Bonchev–Trinajstić information content (AvgIpc) is 3.22. The van der Waals surface area contributed by atoms with Gasteiger partial charge in [-0.3, -0.25) is 9.59 Å². The van der Waals surface area contributed by atoms with Crippen molar-refractivity contribution in [2.75, 3.05) is 39.8 Å². The number of benzene rings is 2. The summed E-state index contributed by atoms with van der Waals surface area (Å²) in [6.45, 7) is 5.29. The van der Waals surface area contributed by atoms with E-state index in [0.717, 1.165) is 40.8 Å². The molecule has 1 atom stereocenters. The maximum absolute atomic E-state index is 13.4. The highest BCUT2D eigenvalue weighted by atomic mass is 16.2. The molecular weight excluding hydrogens is 376 g/mol. The number of aryl methyl sites for hydroxylation is 1. The number of hydrogen-bond donors (Lipinski definition) is 1. The van der Waals surface area contributed by atoms with Gasteiger partial charge in [-0.15, -0.1) is 0 Å². The summed E-state index contributed by atoms with van der Waals surface area (Å²) < 4.78 is 0. The maximum atomic E-state index is 13.4. The SMILES string of the molecule is Cc1[nH]c2ccccc2c1[C@@H]1c2ccccc2C(=O)N1CC(=O)N1CCN(C)CC1. The number of aromatic nitrogens is 1. The van der Waals surface area contributed by atoms with Crippen molar-refractivity contribution in [3.8, 4) is 0 Å². The molecule has 2 aromatic carbocycles. The van der Waals surface area contributed by atoms with Crippen molar-refractivity contribution in [1.29, 1.82) is 0 Å². The van der Waals surface area contributed by atoms with Crippen LogP contribution in [0.4, 0.5) is 0 Å². The Bertz CT molecular complexity index is 1130. The van der Waals surface area contributed by atoms with Gasteiger partial charge in [0.1, 0.15) is 6.54 Å². The van der Waals surface area contributed by atoms with Crippen LogP contribution in [-0.2, 0) is 4.79 Å². The predicted molar refractivity (Wildman–Crippen MR) is 116 cm³/mol. The van der Waals surface area contributed by atoms with Crippen LogP contribution in [0.1, 0.15) is 33.2 Å². The smallest absolute Gasteiger partial charge is 0.255 e. The zero-order valence-corrected chi connectivity index (χ0v) is 17.4. The first-order valence-electron chi connectivity index (χ1n) is 10.5. The van der Waals surface area contributed by atoms with Crippen LogP contribution in [0.2, 0.25) is 0 Å². The fourth-order valence-electron chi connectivity index (χ4n) is 4.80. The van der Waals surface area contributed by atoms with Gasteiger partial charge in [0, 0.05) is 53.9 Å². The Morgan fingerprint density at radius 1 is 1.03 bits per heavy atom. The summed E-state index contributed by atoms with van der Waals surface area (Å²) in [4.78, 5) is 35.8. The van der Waals surface area contributed by atoms with E-state index in [1.165, 1.54) is 0 Å². The van der Waals surface area contributed by atoms with Crippen molar-refractivity contribution >= 4 is 22.7 Å². The summed E-state index contributed by atoms with van der Waals surface area (Å²) in [7, 11) is 2.07. The molecule has 5 rings (SSSR count). The Kier molecular flexibility index (Phi) is 4.59. The van der Waals surface area contributed by atoms with Gasteiger partial charge in [-0.25, -0.2) is 0 Å². The molecule has 0 aliphatic carbocycles. The van der Waals surface area contributed by atoms with Crippen molar-refractivity contribution in [2.24, 2.45) is 0 Å². The van der Waals surface area contributed by atoms with Crippen LogP contribution in [0, 0.1) is 6.92 Å². The highest BCUT2D eigenvalue weighted by Crippen LogP contribution is 2.42. The first-order chi connectivity index (χ1) is 14.5. The van der Waals surface area contributed by atoms with Crippen LogP contribution in [0.3, 0.4) is 0 Å². The van der Waals surface area contributed by atoms with Crippen LogP contribution in [0.25, 0.3) is 10.9 Å². The third-order valence-corrected chi connectivity index (χ3v) is 6.44. The van der Waals surface area contributed by atoms with Crippen molar-refractivity contribution in [3.05, 3.63) is 70.9 Å². The topological polar surface area (TPSA) is 59.7 Å². The fourth-order valence-corrected chi connectivity index (χ4v) is 4.80. The lowest BCUT2D eigenvalue weighted by Crippen LogP contribution is -2.50. The maximum Gasteiger partial charge on any atom is 0.255 e. The van der Waals surface area contributed by atoms with E-state index in [1.807, 2.05) is 54.3 Å². The van der Waals surface area contributed by atoms with Crippen LogP contribution < -0.4 is 0 Å². The van der Waals surface area contributed by atoms with E-state index in [0.29, 0.717) is 18.7 Å². The number of para-hydroxylation sites is 1. The van der Waals surface area contributed by atoms with Gasteiger partial charge in [0.25, 0.3) is 5.91 Å². The summed E-state index contributed by atoms with van der Waals surface area (Å²) in [5, 5.41) is 1.10. The standard InChI is InChI=1S/C24H26N4O2/c1-16-22(19-9-5-6-10-20(19)25-16)23-17-7-3-4-8-18(17)24(30)28(23)15-21(29)27-13-11-26(2)12-14-27/h3-10,23,25H,11-15H2,1-2H3/t23-/m0/s1. The minimum atomic E-state index is -0.263. The van der Waals surface area contributed by atoms with Gasteiger partial charge in [-0.05, 0) is 31.7 Å². The molecule has 2 amide bonds. The number of nitrogens with zero attached hydrogens (tertiary/aromatic N) is 3. The largest absolute Gasteiger partial charge is 0.358 e. The molecule has 3 aromatic rings. The molecule has 1 aromatic heterocycles. The Labute approximate surface area is 176 Å². The molecule has 2 aliphatic rings. The molecule has 1 saturated heterocycles. The van der Waals surface area contributed by atoms with E-state index < -0.39 is 0 Å². The van der Waals surface area contributed by atoms with Crippen LogP contribution in [-0.4, -0.2) is 71.3 Å². The molecule has 6 heteroatoms. The van der Waals surface area contributed by atoms with Crippen LogP contribution >= 0.6 is 0 Å². The summed E-state index contributed by atoms with van der Waals surface area (Å²) in [5.74, 6) is -0.0468. The van der Waals surface area contributed by atoms with Crippen LogP contribution in [0.5, 0.6) is 0 Å². The molecule has 0 spiro atoms. The number of piperazine rings is 1.